The summed E-state index contributed by atoms with van der Waals surface area (Å²) >= 11 is 1.88. The summed E-state index contributed by atoms with van der Waals surface area (Å²) in [7, 11) is 0. The van der Waals surface area contributed by atoms with Crippen molar-refractivity contribution in [1.82, 2.24) is 0 Å². The van der Waals surface area contributed by atoms with Crippen LogP contribution < -0.4 is 5.32 Å². The van der Waals surface area contributed by atoms with Gasteiger partial charge >= 0.3 is 0 Å². The van der Waals surface area contributed by atoms with E-state index >= 15 is 0 Å². The van der Waals surface area contributed by atoms with Crippen LogP contribution in [0.15, 0.2) is 157 Å². The lowest BCUT2D eigenvalue weighted by molar-refractivity contribution is 1.13. The quantitative estimate of drug-likeness (QED) is 0.222. The fourth-order valence-corrected chi connectivity index (χ4v) is 7.32. The highest BCUT2D eigenvalue weighted by Gasteiger charge is 2.23. The predicted molar refractivity (Wildman–Crippen MR) is 176 cm³/mol. The van der Waals surface area contributed by atoms with E-state index < -0.39 is 0 Å². The summed E-state index contributed by atoms with van der Waals surface area (Å²) < 4.78 is 0. The predicted octanol–water partition coefficient (Wildman–Crippen LogP) is 11.2. The van der Waals surface area contributed by atoms with Crippen LogP contribution in [0, 0.1) is 0 Å². The molecule has 1 unspecified atom stereocenters. The highest BCUT2D eigenvalue weighted by atomic mass is 32.2. The number of hydrogen-bond donors (Lipinski definition) is 1. The van der Waals surface area contributed by atoms with E-state index in [4.69, 9.17) is 0 Å². The summed E-state index contributed by atoms with van der Waals surface area (Å²) in [5, 5.41) is 9.02. The van der Waals surface area contributed by atoms with E-state index in [0.29, 0.717) is 0 Å². The SMILES string of the molecule is c1ccc(-c2ccc(-c3c4ccccc4c(-c4ccc(C5Nc6ccccc6S5)cc4)c4ccccc34)cc2)cc1. The van der Waals surface area contributed by atoms with Crippen molar-refractivity contribution >= 4 is 39.0 Å². The Bertz CT molecular complexity index is 1940. The van der Waals surface area contributed by atoms with Crippen LogP contribution in [0.4, 0.5) is 5.69 Å². The lowest BCUT2D eigenvalue weighted by Crippen LogP contribution is -2.00. The van der Waals surface area contributed by atoms with Crippen molar-refractivity contribution in [3.05, 3.63) is 157 Å². The molecule has 0 saturated carbocycles. The van der Waals surface area contributed by atoms with Crippen LogP contribution >= 0.6 is 11.8 Å². The van der Waals surface area contributed by atoms with E-state index in [1.165, 1.54) is 71.1 Å². The molecule has 2 heteroatoms. The van der Waals surface area contributed by atoms with Crippen molar-refractivity contribution in [2.24, 2.45) is 0 Å². The van der Waals surface area contributed by atoms with Gasteiger partial charge in [-0.1, -0.05) is 151 Å². The second-order valence-electron chi connectivity index (χ2n) is 10.5. The average molecular weight is 542 g/mol. The van der Waals surface area contributed by atoms with Crippen molar-refractivity contribution in [2.45, 2.75) is 10.3 Å². The van der Waals surface area contributed by atoms with Gasteiger partial charge in [0, 0.05) is 10.6 Å². The second kappa shape index (κ2) is 9.99. The number of hydrogen-bond acceptors (Lipinski definition) is 2. The number of fused-ring (bicyclic) bond motifs is 3. The van der Waals surface area contributed by atoms with E-state index in [1.54, 1.807) is 0 Å². The molecule has 0 radical (unpaired) electrons. The fourth-order valence-electron chi connectivity index (χ4n) is 6.17. The van der Waals surface area contributed by atoms with Crippen LogP contribution in [-0.4, -0.2) is 0 Å². The zero-order valence-corrected chi connectivity index (χ0v) is 23.2. The van der Waals surface area contributed by atoms with Crippen molar-refractivity contribution in [1.29, 1.82) is 0 Å². The molecule has 194 valence electrons. The molecule has 1 N–H and O–H groups in total. The zero-order chi connectivity index (χ0) is 27.2. The Morgan fingerprint density at radius 3 is 1.39 bits per heavy atom. The van der Waals surface area contributed by atoms with Crippen LogP contribution in [0.1, 0.15) is 10.9 Å². The first-order chi connectivity index (χ1) is 20.3. The Morgan fingerprint density at radius 2 is 0.829 bits per heavy atom. The Balaban J connectivity index is 1.25. The standard InChI is InChI=1S/C39H27NS/c1-2-10-26(11-3-1)27-18-20-28(21-19-27)37-31-12-4-6-14-33(31)38(34-15-7-5-13-32(34)37)29-22-24-30(25-23-29)39-40-35-16-8-9-17-36(35)41-39/h1-25,39-40H. The van der Waals surface area contributed by atoms with Crippen LogP contribution in [0.3, 0.4) is 0 Å². The van der Waals surface area contributed by atoms with E-state index in [-0.39, 0.29) is 5.37 Å². The molecule has 0 amide bonds. The Kier molecular flexibility index (Phi) is 5.86. The summed E-state index contributed by atoms with van der Waals surface area (Å²) in [5.41, 5.74) is 10.0. The molecule has 0 spiro atoms. The first-order valence-corrected chi connectivity index (χ1v) is 14.9. The molecule has 0 aromatic heterocycles. The third-order valence-electron chi connectivity index (χ3n) is 8.13. The summed E-state index contributed by atoms with van der Waals surface area (Å²) in [6.07, 6.45) is 0. The highest BCUT2D eigenvalue weighted by Crippen LogP contribution is 2.47. The maximum atomic E-state index is 3.67. The van der Waals surface area contributed by atoms with Crippen LogP contribution in [0.5, 0.6) is 0 Å². The van der Waals surface area contributed by atoms with Gasteiger partial charge < -0.3 is 5.32 Å². The van der Waals surface area contributed by atoms with Crippen LogP contribution in [0.2, 0.25) is 0 Å². The van der Waals surface area contributed by atoms with E-state index in [9.17, 15) is 0 Å². The average Bonchev–Trinajstić information content (AvgIpc) is 3.49. The minimum absolute atomic E-state index is 0.233. The third kappa shape index (κ3) is 4.20. The lowest BCUT2D eigenvalue weighted by atomic mass is 9.85. The monoisotopic (exact) mass is 541 g/mol. The van der Waals surface area contributed by atoms with Crippen LogP contribution in [0.25, 0.3) is 54.9 Å². The van der Waals surface area contributed by atoms with Gasteiger partial charge in [-0.15, -0.1) is 0 Å². The Hall–Kier alpha value is -4.79. The molecule has 7 aromatic carbocycles. The maximum absolute atomic E-state index is 3.67. The molecular formula is C39H27NS. The van der Waals surface area contributed by atoms with Gasteiger partial charge in [0.05, 0.1) is 0 Å². The zero-order valence-electron chi connectivity index (χ0n) is 22.4. The molecule has 1 aliphatic heterocycles. The third-order valence-corrected chi connectivity index (χ3v) is 9.37. The van der Waals surface area contributed by atoms with Gasteiger partial charge in [-0.05, 0) is 72.6 Å². The van der Waals surface area contributed by atoms with E-state index in [2.05, 4.69) is 157 Å². The first-order valence-electron chi connectivity index (χ1n) is 14.1. The number of rotatable bonds is 4. The maximum Gasteiger partial charge on any atom is 0.103 e. The smallest absolute Gasteiger partial charge is 0.103 e. The van der Waals surface area contributed by atoms with Gasteiger partial charge in [0.2, 0.25) is 0 Å². The number of thioether (sulfide) groups is 1. The first kappa shape index (κ1) is 24.0. The minimum atomic E-state index is 0.233. The van der Waals surface area contributed by atoms with Gasteiger partial charge in [-0.25, -0.2) is 0 Å². The largest absolute Gasteiger partial charge is 0.368 e. The Labute approximate surface area is 244 Å². The molecular weight excluding hydrogens is 515 g/mol. The number of anilines is 1. The van der Waals surface area contributed by atoms with Gasteiger partial charge in [-0.2, -0.15) is 0 Å². The molecule has 1 atom stereocenters. The van der Waals surface area contributed by atoms with Crippen molar-refractivity contribution in [2.75, 3.05) is 5.32 Å². The fraction of sp³-hybridized carbons (Fsp3) is 0.0256. The topological polar surface area (TPSA) is 12.0 Å². The highest BCUT2D eigenvalue weighted by molar-refractivity contribution is 8.00. The number of para-hydroxylation sites is 1. The molecule has 0 fully saturated rings. The van der Waals surface area contributed by atoms with Gasteiger partial charge in [0.15, 0.2) is 0 Å². The molecule has 0 aliphatic carbocycles. The van der Waals surface area contributed by atoms with Crippen molar-refractivity contribution < 1.29 is 0 Å². The molecule has 0 saturated heterocycles. The number of nitrogens with one attached hydrogen (secondary N) is 1. The van der Waals surface area contributed by atoms with Gasteiger partial charge in [-0.3, -0.25) is 0 Å². The molecule has 7 aromatic rings. The molecule has 41 heavy (non-hydrogen) atoms. The normalized spacial score (nSPS) is 14.2. The summed E-state index contributed by atoms with van der Waals surface area (Å²) in [5.74, 6) is 0. The van der Waals surface area contributed by atoms with Crippen molar-refractivity contribution in [3.63, 3.8) is 0 Å². The summed E-state index contributed by atoms with van der Waals surface area (Å²) in [6, 6.07) is 55.1. The second-order valence-corrected chi connectivity index (χ2v) is 11.7. The molecule has 1 nitrogen and oxygen atoms in total. The lowest BCUT2D eigenvalue weighted by Gasteiger charge is -2.18. The van der Waals surface area contributed by atoms with Gasteiger partial charge in [0.1, 0.15) is 5.37 Å². The Morgan fingerprint density at radius 1 is 0.390 bits per heavy atom. The van der Waals surface area contributed by atoms with Crippen LogP contribution in [-0.2, 0) is 0 Å². The minimum Gasteiger partial charge on any atom is -0.368 e. The van der Waals surface area contributed by atoms with E-state index in [1.807, 2.05) is 11.8 Å². The van der Waals surface area contributed by atoms with E-state index in [0.717, 1.165) is 0 Å². The molecule has 0 bridgehead atoms. The molecule has 1 aliphatic rings. The van der Waals surface area contributed by atoms with Gasteiger partial charge in [0.25, 0.3) is 0 Å². The van der Waals surface area contributed by atoms with Crippen molar-refractivity contribution in [3.8, 4) is 33.4 Å². The summed E-state index contributed by atoms with van der Waals surface area (Å²) in [4.78, 5) is 1.31. The number of benzene rings is 7. The summed E-state index contributed by atoms with van der Waals surface area (Å²) in [6.45, 7) is 0. The molecule has 8 rings (SSSR count). The molecule has 1 heterocycles.